The molecule has 3 rings (SSSR count). The molecule has 3 unspecified atom stereocenters. The summed E-state index contributed by atoms with van der Waals surface area (Å²) in [5, 5.41) is 20.4. The van der Waals surface area contributed by atoms with Crippen molar-refractivity contribution < 1.29 is 10.2 Å². The van der Waals surface area contributed by atoms with E-state index in [-0.39, 0.29) is 6.10 Å². The van der Waals surface area contributed by atoms with Crippen molar-refractivity contribution in [2.24, 2.45) is 5.92 Å². The van der Waals surface area contributed by atoms with E-state index >= 15 is 0 Å². The number of nitrogens with zero attached hydrogens (tertiary/aromatic N) is 3. The molecule has 5 nitrogen and oxygen atoms in total. The first-order chi connectivity index (χ1) is 11.4. The fourth-order valence-electron chi connectivity index (χ4n) is 3.81. The number of hydrogen-bond donors (Lipinski definition) is 2. The Morgan fingerprint density at radius 3 is 2.75 bits per heavy atom. The van der Waals surface area contributed by atoms with Gasteiger partial charge in [-0.25, -0.2) is 4.98 Å². The summed E-state index contributed by atoms with van der Waals surface area (Å²) in [7, 11) is 2.02. The summed E-state index contributed by atoms with van der Waals surface area (Å²) in [6.07, 6.45) is 4.31. The van der Waals surface area contributed by atoms with Crippen LogP contribution in [0, 0.1) is 19.8 Å². The number of likely N-dealkylation sites (N-methyl/N-ethyl adjacent to an activating group) is 1. The van der Waals surface area contributed by atoms with E-state index in [1.807, 2.05) is 17.9 Å². The number of hydrogen-bond acceptors (Lipinski definition) is 4. The molecule has 1 aromatic carbocycles. The Bertz CT molecular complexity index is 697. The smallest absolute Gasteiger partial charge is 0.0959 e. The lowest BCUT2D eigenvalue weighted by Crippen LogP contribution is -2.36. The predicted octanol–water partition coefficient (Wildman–Crippen LogP) is 2.11. The van der Waals surface area contributed by atoms with Crippen molar-refractivity contribution in [1.82, 2.24) is 14.5 Å². The molecule has 24 heavy (non-hydrogen) atoms. The Balaban J connectivity index is 1.60. The maximum Gasteiger partial charge on any atom is 0.0959 e. The first-order valence-corrected chi connectivity index (χ1v) is 8.91. The molecule has 132 valence electrons. The average molecular weight is 331 g/mol. The van der Waals surface area contributed by atoms with Gasteiger partial charge in [-0.2, -0.15) is 0 Å². The fourth-order valence-corrected chi connectivity index (χ4v) is 3.81. The Kier molecular flexibility index (Phi) is 5.23. The molecular formula is C19H29N3O2. The number of benzene rings is 1. The summed E-state index contributed by atoms with van der Waals surface area (Å²) >= 11 is 0. The van der Waals surface area contributed by atoms with Crippen molar-refractivity contribution in [3.63, 3.8) is 0 Å². The van der Waals surface area contributed by atoms with Crippen molar-refractivity contribution in [3.05, 3.63) is 29.6 Å². The van der Waals surface area contributed by atoms with Gasteiger partial charge in [0.1, 0.15) is 0 Å². The molecular weight excluding hydrogens is 302 g/mol. The lowest BCUT2D eigenvalue weighted by Gasteiger charge is -2.25. The second-order valence-corrected chi connectivity index (χ2v) is 7.46. The summed E-state index contributed by atoms with van der Waals surface area (Å²) in [4.78, 5) is 6.59. The molecule has 0 amide bonds. The van der Waals surface area contributed by atoms with Crippen LogP contribution in [0.5, 0.6) is 0 Å². The highest BCUT2D eigenvalue weighted by molar-refractivity contribution is 5.77. The van der Waals surface area contributed by atoms with Gasteiger partial charge in [-0.05, 0) is 62.9 Å². The molecule has 1 aliphatic carbocycles. The highest BCUT2D eigenvalue weighted by atomic mass is 16.3. The van der Waals surface area contributed by atoms with E-state index in [1.165, 1.54) is 11.1 Å². The molecule has 1 aromatic heterocycles. The van der Waals surface area contributed by atoms with Gasteiger partial charge in [0.05, 0.1) is 36.1 Å². The van der Waals surface area contributed by atoms with Gasteiger partial charge >= 0.3 is 0 Å². The van der Waals surface area contributed by atoms with Crippen molar-refractivity contribution >= 4 is 11.0 Å². The average Bonchev–Trinajstić information content (AvgIpc) is 3.07. The van der Waals surface area contributed by atoms with E-state index in [1.54, 1.807) is 0 Å². The third-order valence-corrected chi connectivity index (χ3v) is 5.33. The predicted molar refractivity (Wildman–Crippen MR) is 96.1 cm³/mol. The standard InChI is InChI=1S/C19H29N3O2/c1-13-7-17-18(8-14(13)2)22(12-20-17)11-16(23)10-21(3)9-15-5-4-6-19(15)24/h7-8,12,15-16,19,23-24H,4-6,9-11H2,1-3H3. The van der Waals surface area contributed by atoms with Crippen LogP contribution in [0.4, 0.5) is 0 Å². The fraction of sp³-hybridized carbons (Fsp3) is 0.632. The van der Waals surface area contributed by atoms with Crippen molar-refractivity contribution in [2.75, 3.05) is 20.1 Å². The number of aryl methyl sites for hydroxylation is 2. The van der Waals surface area contributed by atoms with E-state index in [9.17, 15) is 10.2 Å². The van der Waals surface area contributed by atoms with Crippen LogP contribution < -0.4 is 0 Å². The Morgan fingerprint density at radius 1 is 1.29 bits per heavy atom. The summed E-state index contributed by atoms with van der Waals surface area (Å²) < 4.78 is 2.03. The van der Waals surface area contributed by atoms with Gasteiger partial charge in [0.2, 0.25) is 0 Å². The van der Waals surface area contributed by atoms with Crippen LogP contribution in [0.2, 0.25) is 0 Å². The normalized spacial score (nSPS) is 22.6. The van der Waals surface area contributed by atoms with Gasteiger partial charge in [0, 0.05) is 13.1 Å². The number of aromatic nitrogens is 2. The highest BCUT2D eigenvalue weighted by Crippen LogP contribution is 2.26. The zero-order valence-corrected chi connectivity index (χ0v) is 14.9. The molecule has 1 heterocycles. The molecule has 3 atom stereocenters. The van der Waals surface area contributed by atoms with Crippen LogP contribution in [0.25, 0.3) is 11.0 Å². The molecule has 0 bridgehead atoms. The maximum atomic E-state index is 10.5. The minimum atomic E-state index is -0.451. The Morgan fingerprint density at radius 2 is 2.04 bits per heavy atom. The molecule has 0 radical (unpaired) electrons. The van der Waals surface area contributed by atoms with Gasteiger partial charge in [-0.3, -0.25) is 0 Å². The topological polar surface area (TPSA) is 61.5 Å². The largest absolute Gasteiger partial charge is 0.393 e. The molecule has 1 aliphatic rings. The third kappa shape index (κ3) is 3.79. The van der Waals surface area contributed by atoms with Crippen LogP contribution in [0.1, 0.15) is 30.4 Å². The van der Waals surface area contributed by atoms with Gasteiger partial charge in [0.15, 0.2) is 0 Å². The van der Waals surface area contributed by atoms with Crippen molar-refractivity contribution in [1.29, 1.82) is 0 Å². The van der Waals surface area contributed by atoms with Gasteiger partial charge in [-0.15, -0.1) is 0 Å². The maximum absolute atomic E-state index is 10.5. The van der Waals surface area contributed by atoms with Gasteiger partial charge in [-0.1, -0.05) is 6.42 Å². The number of rotatable bonds is 6. The van der Waals surface area contributed by atoms with Gasteiger partial charge < -0.3 is 19.7 Å². The van der Waals surface area contributed by atoms with Crippen LogP contribution >= 0.6 is 0 Å². The molecule has 1 fully saturated rings. The number of aliphatic hydroxyl groups is 2. The molecule has 2 N–H and O–H groups in total. The lowest BCUT2D eigenvalue weighted by molar-refractivity contribution is 0.0760. The zero-order chi connectivity index (χ0) is 17.3. The van der Waals surface area contributed by atoms with Crippen LogP contribution in [0.15, 0.2) is 18.5 Å². The minimum absolute atomic E-state index is 0.173. The molecule has 2 aromatic rings. The first-order valence-electron chi connectivity index (χ1n) is 8.91. The van der Waals surface area contributed by atoms with Crippen LogP contribution in [0.3, 0.4) is 0 Å². The highest BCUT2D eigenvalue weighted by Gasteiger charge is 2.26. The van der Waals surface area contributed by atoms with E-state index < -0.39 is 6.10 Å². The number of imidazole rings is 1. The van der Waals surface area contributed by atoms with E-state index in [4.69, 9.17) is 0 Å². The minimum Gasteiger partial charge on any atom is -0.393 e. The molecule has 0 spiro atoms. The van der Waals surface area contributed by atoms with Crippen LogP contribution in [-0.2, 0) is 6.54 Å². The summed E-state index contributed by atoms with van der Waals surface area (Å²) in [6.45, 7) is 6.18. The molecule has 1 saturated carbocycles. The Labute approximate surface area is 143 Å². The van der Waals surface area contributed by atoms with E-state index in [0.717, 1.165) is 36.8 Å². The molecule has 5 heteroatoms. The monoisotopic (exact) mass is 331 g/mol. The van der Waals surface area contributed by atoms with Crippen molar-refractivity contribution in [2.45, 2.75) is 51.9 Å². The van der Waals surface area contributed by atoms with Crippen molar-refractivity contribution in [3.8, 4) is 0 Å². The van der Waals surface area contributed by atoms with E-state index in [0.29, 0.717) is 19.0 Å². The molecule has 0 aliphatic heterocycles. The number of fused-ring (bicyclic) bond motifs is 1. The second-order valence-electron chi connectivity index (χ2n) is 7.46. The van der Waals surface area contributed by atoms with E-state index in [2.05, 4.69) is 35.9 Å². The number of aliphatic hydroxyl groups excluding tert-OH is 2. The summed E-state index contributed by atoms with van der Waals surface area (Å²) in [5.74, 6) is 0.349. The van der Waals surface area contributed by atoms with Gasteiger partial charge in [0.25, 0.3) is 0 Å². The SMILES string of the molecule is Cc1cc2ncn(CC(O)CN(C)CC3CCCC3O)c2cc1C. The summed E-state index contributed by atoms with van der Waals surface area (Å²) in [5.41, 5.74) is 4.54. The second kappa shape index (κ2) is 7.21. The Hall–Kier alpha value is -1.43. The zero-order valence-electron chi connectivity index (χ0n) is 14.9. The quantitative estimate of drug-likeness (QED) is 0.851. The third-order valence-electron chi connectivity index (χ3n) is 5.33. The summed E-state index contributed by atoms with van der Waals surface area (Å²) in [6, 6.07) is 4.24. The first kappa shape index (κ1) is 17.4. The lowest BCUT2D eigenvalue weighted by atomic mass is 10.1. The van der Waals surface area contributed by atoms with Crippen LogP contribution in [-0.4, -0.2) is 57.0 Å². The molecule has 0 saturated heterocycles.